The fourth-order valence-electron chi connectivity index (χ4n) is 1.92. The Morgan fingerprint density at radius 3 is 2.42 bits per heavy atom. The minimum atomic E-state index is -0.502. The molecule has 1 aliphatic heterocycles. The van der Waals surface area contributed by atoms with E-state index >= 15 is 0 Å². The van der Waals surface area contributed by atoms with Crippen LogP contribution in [0.3, 0.4) is 0 Å². The largest absolute Gasteiger partial charge is 0.444 e. The summed E-state index contributed by atoms with van der Waals surface area (Å²) in [5, 5.41) is 11.0. The molecule has 2 amide bonds. The van der Waals surface area contributed by atoms with Crippen LogP contribution in [0.1, 0.15) is 33.6 Å². The molecule has 0 aromatic rings. The van der Waals surface area contributed by atoms with Gasteiger partial charge in [-0.2, -0.15) is 5.26 Å². The molecule has 0 aromatic heterocycles. The van der Waals surface area contributed by atoms with Crippen LogP contribution < -0.4 is 5.32 Å². The number of ether oxygens (including phenoxy) is 1. The van der Waals surface area contributed by atoms with Crippen LogP contribution in [0, 0.1) is 17.2 Å². The molecule has 1 fully saturated rings. The normalized spacial score (nSPS) is 16.6. The van der Waals surface area contributed by atoms with Crippen molar-refractivity contribution in [1.29, 1.82) is 5.26 Å². The molecule has 1 N–H and O–H groups in total. The molecule has 19 heavy (non-hydrogen) atoms. The first-order valence-corrected chi connectivity index (χ1v) is 6.46. The first-order valence-electron chi connectivity index (χ1n) is 6.46. The number of rotatable bonds is 2. The zero-order valence-electron chi connectivity index (χ0n) is 11.7. The molecular formula is C13H21N3O3. The summed E-state index contributed by atoms with van der Waals surface area (Å²) in [4.78, 5) is 25.1. The van der Waals surface area contributed by atoms with Crippen molar-refractivity contribution in [3.63, 3.8) is 0 Å². The number of carbonyl (C=O) groups is 2. The molecule has 1 rings (SSSR count). The van der Waals surface area contributed by atoms with E-state index in [0.717, 1.165) is 0 Å². The zero-order chi connectivity index (χ0) is 14.5. The third-order valence-corrected chi connectivity index (χ3v) is 2.86. The van der Waals surface area contributed by atoms with Gasteiger partial charge in [0.2, 0.25) is 5.91 Å². The predicted molar refractivity (Wildman–Crippen MR) is 69.2 cm³/mol. The average Bonchev–Trinajstić information content (AvgIpc) is 2.34. The van der Waals surface area contributed by atoms with Gasteiger partial charge in [0.1, 0.15) is 12.1 Å². The molecule has 0 aromatic carbocycles. The number of piperidine rings is 1. The van der Waals surface area contributed by atoms with Gasteiger partial charge in [-0.1, -0.05) is 0 Å². The Hall–Kier alpha value is -1.77. The van der Waals surface area contributed by atoms with E-state index in [1.165, 1.54) is 0 Å². The van der Waals surface area contributed by atoms with E-state index in [2.05, 4.69) is 5.32 Å². The molecule has 1 saturated heterocycles. The summed E-state index contributed by atoms with van der Waals surface area (Å²) < 4.78 is 5.28. The number of likely N-dealkylation sites (tertiary alicyclic amines) is 1. The monoisotopic (exact) mass is 267 g/mol. The lowest BCUT2D eigenvalue weighted by atomic mass is 9.96. The van der Waals surface area contributed by atoms with E-state index in [4.69, 9.17) is 10.00 Å². The summed E-state index contributed by atoms with van der Waals surface area (Å²) >= 11 is 0. The number of hydrogen-bond donors (Lipinski definition) is 1. The van der Waals surface area contributed by atoms with E-state index in [1.807, 2.05) is 26.8 Å². The Balaban J connectivity index is 2.39. The third kappa shape index (κ3) is 5.16. The van der Waals surface area contributed by atoms with Crippen molar-refractivity contribution in [3.05, 3.63) is 0 Å². The average molecular weight is 267 g/mol. The first-order chi connectivity index (χ1) is 8.83. The van der Waals surface area contributed by atoms with Crippen LogP contribution in [0.15, 0.2) is 0 Å². The maximum Gasteiger partial charge on any atom is 0.410 e. The van der Waals surface area contributed by atoms with E-state index in [0.29, 0.717) is 25.9 Å². The molecule has 6 heteroatoms. The fourth-order valence-corrected chi connectivity index (χ4v) is 1.92. The van der Waals surface area contributed by atoms with E-state index in [1.54, 1.807) is 4.90 Å². The molecule has 6 nitrogen and oxygen atoms in total. The minimum Gasteiger partial charge on any atom is -0.444 e. The number of nitrogens with zero attached hydrogens (tertiary/aromatic N) is 2. The highest BCUT2D eigenvalue weighted by Gasteiger charge is 2.29. The van der Waals surface area contributed by atoms with Crippen LogP contribution in [0.5, 0.6) is 0 Å². The minimum absolute atomic E-state index is 0.0329. The van der Waals surface area contributed by atoms with Crippen molar-refractivity contribution in [2.45, 2.75) is 39.2 Å². The van der Waals surface area contributed by atoms with Gasteiger partial charge in [0.15, 0.2) is 0 Å². The summed E-state index contributed by atoms with van der Waals surface area (Å²) in [5.41, 5.74) is -0.502. The molecule has 0 unspecified atom stereocenters. The highest BCUT2D eigenvalue weighted by Crippen LogP contribution is 2.19. The Labute approximate surface area is 113 Å². The number of carbonyl (C=O) groups excluding carboxylic acids is 2. The van der Waals surface area contributed by atoms with Crippen LogP contribution >= 0.6 is 0 Å². The summed E-state index contributed by atoms with van der Waals surface area (Å²) in [6.45, 7) is 6.54. The number of nitrogens with one attached hydrogen (secondary N) is 1. The molecule has 0 spiro atoms. The number of amides is 2. The summed E-state index contributed by atoms with van der Waals surface area (Å²) in [7, 11) is 0. The van der Waals surface area contributed by atoms with E-state index < -0.39 is 5.60 Å². The quantitative estimate of drug-likeness (QED) is 0.764. The highest BCUT2D eigenvalue weighted by atomic mass is 16.6. The second-order valence-corrected chi connectivity index (χ2v) is 5.62. The molecular weight excluding hydrogens is 246 g/mol. The zero-order valence-corrected chi connectivity index (χ0v) is 11.7. The summed E-state index contributed by atoms with van der Waals surface area (Å²) in [6, 6.07) is 1.87. The van der Waals surface area contributed by atoms with Gasteiger partial charge in [-0.15, -0.1) is 0 Å². The molecule has 0 aliphatic carbocycles. The molecule has 0 radical (unpaired) electrons. The van der Waals surface area contributed by atoms with Crippen molar-refractivity contribution in [1.82, 2.24) is 10.2 Å². The second kappa shape index (κ2) is 6.41. The van der Waals surface area contributed by atoms with Gasteiger partial charge < -0.3 is 15.0 Å². The van der Waals surface area contributed by atoms with E-state index in [-0.39, 0.29) is 24.5 Å². The number of hydrogen-bond acceptors (Lipinski definition) is 4. The van der Waals surface area contributed by atoms with Gasteiger partial charge in [0, 0.05) is 19.0 Å². The van der Waals surface area contributed by atoms with Crippen molar-refractivity contribution < 1.29 is 14.3 Å². The predicted octanol–water partition coefficient (Wildman–Crippen LogP) is 1.27. The SMILES string of the molecule is CC(C)(C)OC(=O)N1CCC(C(=O)NCC#N)CC1. The van der Waals surface area contributed by atoms with Crippen molar-refractivity contribution >= 4 is 12.0 Å². The van der Waals surface area contributed by atoms with Crippen LogP contribution in [-0.4, -0.2) is 42.1 Å². The van der Waals surface area contributed by atoms with Gasteiger partial charge >= 0.3 is 6.09 Å². The third-order valence-electron chi connectivity index (χ3n) is 2.86. The van der Waals surface area contributed by atoms with Crippen LogP contribution in [0.2, 0.25) is 0 Å². The topological polar surface area (TPSA) is 82.4 Å². The first kappa shape index (κ1) is 15.3. The van der Waals surface area contributed by atoms with Crippen LogP contribution in [0.4, 0.5) is 4.79 Å². The van der Waals surface area contributed by atoms with Crippen LogP contribution in [0.25, 0.3) is 0 Å². The van der Waals surface area contributed by atoms with Crippen molar-refractivity contribution in [3.8, 4) is 6.07 Å². The molecule has 106 valence electrons. The highest BCUT2D eigenvalue weighted by molar-refractivity contribution is 5.79. The second-order valence-electron chi connectivity index (χ2n) is 5.62. The van der Waals surface area contributed by atoms with Gasteiger partial charge in [-0.05, 0) is 33.6 Å². The van der Waals surface area contributed by atoms with Crippen molar-refractivity contribution in [2.75, 3.05) is 19.6 Å². The lowest BCUT2D eigenvalue weighted by Gasteiger charge is -2.32. The molecule has 0 atom stereocenters. The molecule has 0 bridgehead atoms. The maximum absolute atomic E-state index is 11.8. The van der Waals surface area contributed by atoms with Gasteiger partial charge in [0.05, 0.1) is 6.07 Å². The standard InChI is InChI=1S/C13H21N3O3/c1-13(2,3)19-12(18)16-8-4-10(5-9-16)11(17)15-7-6-14/h10H,4-5,7-9H2,1-3H3,(H,15,17). The maximum atomic E-state index is 11.8. The van der Waals surface area contributed by atoms with Crippen molar-refractivity contribution in [2.24, 2.45) is 5.92 Å². The Morgan fingerprint density at radius 2 is 1.95 bits per heavy atom. The Morgan fingerprint density at radius 1 is 1.37 bits per heavy atom. The lowest BCUT2D eigenvalue weighted by molar-refractivity contribution is -0.126. The Kier molecular flexibility index (Phi) is 5.16. The fraction of sp³-hybridized carbons (Fsp3) is 0.769. The molecule has 0 saturated carbocycles. The van der Waals surface area contributed by atoms with Crippen LogP contribution in [-0.2, 0) is 9.53 Å². The summed E-state index contributed by atoms with van der Waals surface area (Å²) in [6.07, 6.45) is 0.885. The smallest absolute Gasteiger partial charge is 0.410 e. The summed E-state index contributed by atoms with van der Waals surface area (Å²) in [5.74, 6) is -0.225. The van der Waals surface area contributed by atoms with Gasteiger partial charge in [-0.3, -0.25) is 4.79 Å². The number of nitriles is 1. The van der Waals surface area contributed by atoms with Gasteiger partial charge in [-0.25, -0.2) is 4.79 Å². The molecule has 1 heterocycles. The Bertz CT molecular complexity index is 374. The molecule has 1 aliphatic rings. The van der Waals surface area contributed by atoms with Gasteiger partial charge in [0.25, 0.3) is 0 Å². The lowest BCUT2D eigenvalue weighted by Crippen LogP contribution is -2.44. The van der Waals surface area contributed by atoms with E-state index in [9.17, 15) is 9.59 Å².